The molecule has 0 spiro atoms. The number of phosphoric acid groups is 1. The van der Waals surface area contributed by atoms with Gasteiger partial charge in [0.15, 0.2) is 0 Å². The molecule has 0 bridgehead atoms. The van der Waals surface area contributed by atoms with Crippen LogP contribution in [-0.2, 0) is 11.0 Å². The van der Waals surface area contributed by atoms with Crippen LogP contribution in [0.25, 0.3) is 0 Å². The van der Waals surface area contributed by atoms with E-state index in [1.807, 2.05) is 60.7 Å². The summed E-state index contributed by atoms with van der Waals surface area (Å²) >= 11 is 0. The van der Waals surface area contributed by atoms with Crippen LogP contribution in [0.4, 0.5) is 0 Å². The molecule has 4 nitrogen and oxygen atoms in total. The number of benzene rings is 3. The van der Waals surface area contributed by atoms with E-state index in [4.69, 9.17) is 13.6 Å². The molecule has 0 amide bonds. The van der Waals surface area contributed by atoms with Gasteiger partial charge in [0, 0.05) is 0 Å². The van der Waals surface area contributed by atoms with Gasteiger partial charge in [-0.3, -0.25) is 0 Å². The quantitative estimate of drug-likeness (QED) is 0.138. The zero-order valence-corrected chi connectivity index (χ0v) is 21.8. The molecule has 0 aliphatic heterocycles. The Morgan fingerprint density at radius 3 is 1.54 bits per heavy atom. The minimum atomic E-state index is -3.98. The average Bonchev–Trinajstić information content (AvgIpc) is 2.87. The lowest BCUT2D eigenvalue weighted by molar-refractivity contribution is 0.297. The molecule has 0 fully saturated rings. The summed E-state index contributed by atoms with van der Waals surface area (Å²) < 4.78 is 31.3. The summed E-state index contributed by atoms with van der Waals surface area (Å²) in [5, 5.41) is 0. The lowest BCUT2D eigenvalue weighted by Crippen LogP contribution is -2.08. The zero-order valence-electron chi connectivity index (χ0n) is 20.9. The van der Waals surface area contributed by atoms with Crippen molar-refractivity contribution in [3.8, 4) is 17.2 Å². The number of phosphoric ester groups is 1. The maximum atomic E-state index is 13.7. The van der Waals surface area contributed by atoms with Gasteiger partial charge in [0.2, 0.25) is 0 Å². The second-order valence-corrected chi connectivity index (χ2v) is 10.3. The molecule has 0 heterocycles. The number of para-hydroxylation sites is 3. The molecule has 5 heteroatoms. The van der Waals surface area contributed by atoms with Gasteiger partial charge in [0.05, 0.1) is 0 Å². The average molecular weight is 495 g/mol. The van der Waals surface area contributed by atoms with Gasteiger partial charge in [-0.2, -0.15) is 4.57 Å². The summed E-state index contributed by atoms with van der Waals surface area (Å²) in [5.41, 5.74) is 1.01. The first-order valence-corrected chi connectivity index (χ1v) is 14.5. The maximum Gasteiger partial charge on any atom is 0.647 e. The summed E-state index contributed by atoms with van der Waals surface area (Å²) in [5.74, 6) is 1.40. The second-order valence-electron chi connectivity index (χ2n) is 8.89. The molecule has 0 N–H and O–H groups in total. The number of hydrogen-bond acceptors (Lipinski definition) is 4. The Morgan fingerprint density at radius 2 is 1.00 bits per heavy atom. The van der Waals surface area contributed by atoms with Crippen molar-refractivity contribution >= 4 is 7.82 Å². The Balaban J connectivity index is 1.56. The molecule has 0 saturated heterocycles. The van der Waals surface area contributed by atoms with Gasteiger partial charge in [0.1, 0.15) is 17.2 Å². The Bertz CT molecular complexity index is 962. The fraction of sp³-hybridized carbons (Fsp3) is 0.400. The molecule has 3 aromatic carbocycles. The summed E-state index contributed by atoms with van der Waals surface area (Å²) in [6, 6.07) is 25.7. The van der Waals surface area contributed by atoms with Crippen molar-refractivity contribution in [3.63, 3.8) is 0 Å². The molecule has 0 aliphatic rings. The van der Waals surface area contributed by atoms with E-state index in [9.17, 15) is 4.57 Å². The predicted molar refractivity (Wildman–Crippen MR) is 144 cm³/mol. The summed E-state index contributed by atoms with van der Waals surface area (Å²) in [6.45, 7) is 2.26. The van der Waals surface area contributed by atoms with Gasteiger partial charge >= 0.3 is 7.82 Å². The highest BCUT2D eigenvalue weighted by Gasteiger charge is 2.33. The van der Waals surface area contributed by atoms with Gasteiger partial charge in [-0.1, -0.05) is 119 Å². The SMILES string of the molecule is CCCCCCCCCCCCc1ccccc1OP(=O)(Oc1ccccc1)Oc1ccccc1. The Hall–Kier alpha value is -2.71. The Morgan fingerprint density at radius 1 is 0.543 bits per heavy atom. The lowest BCUT2D eigenvalue weighted by Gasteiger charge is -2.21. The highest BCUT2D eigenvalue weighted by molar-refractivity contribution is 7.49. The molecule has 0 atom stereocenters. The van der Waals surface area contributed by atoms with E-state index in [0.29, 0.717) is 17.2 Å². The van der Waals surface area contributed by atoms with Crippen molar-refractivity contribution < 1.29 is 18.1 Å². The number of unbranched alkanes of at least 4 members (excludes halogenated alkanes) is 9. The van der Waals surface area contributed by atoms with E-state index in [1.165, 1.54) is 57.8 Å². The standard InChI is InChI=1S/C30H39O4P/c1-2-3-4-5-6-7-8-9-10-13-20-27-21-18-19-26-30(27)34-35(31,32-28-22-14-11-15-23-28)33-29-24-16-12-17-25-29/h11-12,14-19,21-26H,2-10,13,20H2,1H3. The van der Waals surface area contributed by atoms with E-state index < -0.39 is 7.82 Å². The number of hydrogen-bond donors (Lipinski definition) is 0. The Kier molecular flexibility index (Phi) is 11.8. The monoisotopic (exact) mass is 494 g/mol. The van der Waals surface area contributed by atoms with Crippen LogP contribution in [0, 0.1) is 0 Å². The fourth-order valence-corrected chi connectivity index (χ4v) is 5.29. The highest BCUT2D eigenvalue weighted by atomic mass is 31.2. The van der Waals surface area contributed by atoms with E-state index in [2.05, 4.69) is 6.92 Å². The predicted octanol–water partition coefficient (Wildman–Crippen LogP) is 9.79. The third-order valence-corrected chi connectivity index (χ3v) is 7.19. The van der Waals surface area contributed by atoms with Crippen LogP contribution in [0.1, 0.15) is 76.7 Å². The molecule has 3 rings (SSSR count). The fourth-order valence-electron chi connectivity index (χ4n) is 4.00. The maximum absolute atomic E-state index is 13.7. The van der Waals surface area contributed by atoms with Crippen LogP contribution < -0.4 is 13.6 Å². The van der Waals surface area contributed by atoms with Crippen molar-refractivity contribution in [2.24, 2.45) is 0 Å². The number of aryl methyl sites for hydroxylation is 1. The lowest BCUT2D eigenvalue weighted by atomic mass is 10.0. The molecular weight excluding hydrogens is 455 g/mol. The first kappa shape index (κ1) is 26.9. The zero-order chi connectivity index (χ0) is 24.6. The molecule has 0 aromatic heterocycles. The third kappa shape index (κ3) is 10.2. The van der Waals surface area contributed by atoms with Crippen molar-refractivity contribution in [3.05, 3.63) is 90.5 Å². The van der Waals surface area contributed by atoms with Crippen LogP contribution in [0.15, 0.2) is 84.9 Å². The van der Waals surface area contributed by atoms with Crippen LogP contribution >= 0.6 is 7.82 Å². The van der Waals surface area contributed by atoms with Crippen LogP contribution in [-0.4, -0.2) is 0 Å². The van der Waals surface area contributed by atoms with Crippen LogP contribution in [0.5, 0.6) is 17.2 Å². The summed E-state index contributed by atoms with van der Waals surface area (Å²) in [7, 11) is -3.98. The molecule has 0 aliphatic carbocycles. The van der Waals surface area contributed by atoms with Gasteiger partial charge in [-0.05, 0) is 48.7 Å². The second kappa shape index (κ2) is 15.3. The molecule has 0 saturated carbocycles. The molecule has 35 heavy (non-hydrogen) atoms. The summed E-state index contributed by atoms with van der Waals surface area (Å²) in [6.07, 6.45) is 13.8. The van der Waals surface area contributed by atoms with Gasteiger partial charge in [0.25, 0.3) is 0 Å². The normalized spacial score (nSPS) is 11.2. The van der Waals surface area contributed by atoms with Crippen molar-refractivity contribution in [1.82, 2.24) is 0 Å². The molecule has 0 unspecified atom stereocenters. The van der Waals surface area contributed by atoms with E-state index >= 15 is 0 Å². The minimum Gasteiger partial charge on any atom is -0.386 e. The van der Waals surface area contributed by atoms with E-state index in [-0.39, 0.29) is 0 Å². The summed E-state index contributed by atoms with van der Waals surface area (Å²) in [4.78, 5) is 0. The highest BCUT2D eigenvalue weighted by Crippen LogP contribution is 2.50. The topological polar surface area (TPSA) is 44.8 Å². The third-order valence-electron chi connectivity index (χ3n) is 5.90. The van der Waals surface area contributed by atoms with E-state index in [0.717, 1.165) is 18.4 Å². The first-order valence-electron chi connectivity index (χ1n) is 13.1. The first-order chi connectivity index (χ1) is 17.2. The molecule has 0 radical (unpaired) electrons. The largest absolute Gasteiger partial charge is 0.647 e. The molecular formula is C30H39O4P. The van der Waals surface area contributed by atoms with Crippen molar-refractivity contribution in [2.75, 3.05) is 0 Å². The van der Waals surface area contributed by atoms with Crippen LogP contribution in [0.2, 0.25) is 0 Å². The van der Waals surface area contributed by atoms with Crippen LogP contribution in [0.3, 0.4) is 0 Å². The van der Waals surface area contributed by atoms with Gasteiger partial charge in [-0.15, -0.1) is 0 Å². The minimum absolute atomic E-state index is 0.430. The number of rotatable bonds is 17. The molecule has 188 valence electrons. The van der Waals surface area contributed by atoms with Gasteiger partial charge in [-0.25, -0.2) is 0 Å². The Labute approximate surface area is 211 Å². The smallest absolute Gasteiger partial charge is 0.386 e. The molecule has 3 aromatic rings. The van der Waals surface area contributed by atoms with E-state index in [1.54, 1.807) is 24.3 Å². The van der Waals surface area contributed by atoms with Crippen molar-refractivity contribution in [1.29, 1.82) is 0 Å². The van der Waals surface area contributed by atoms with Crippen molar-refractivity contribution in [2.45, 2.75) is 77.6 Å². The van der Waals surface area contributed by atoms with Gasteiger partial charge < -0.3 is 13.6 Å².